The molecule has 0 aliphatic rings. The van der Waals surface area contributed by atoms with Crippen LogP contribution in [-0.2, 0) is 11.0 Å². The lowest BCUT2D eigenvalue weighted by atomic mass is 10.1. The lowest BCUT2D eigenvalue weighted by Gasteiger charge is -2.14. The highest BCUT2D eigenvalue weighted by Crippen LogP contribution is 2.36. The number of nitrogens with one attached hydrogen (secondary N) is 2. The number of amides is 1. The van der Waals surface area contributed by atoms with Crippen molar-refractivity contribution in [2.45, 2.75) is 13.1 Å². The van der Waals surface area contributed by atoms with Crippen LogP contribution in [0.25, 0.3) is 0 Å². The summed E-state index contributed by atoms with van der Waals surface area (Å²) in [4.78, 5) is 10.9. The summed E-state index contributed by atoms with van der Waals surface area (Å²) in [6, 6.07) is 6.16. The fourth-order valence-corrected chi connectivity index (χ4v) is 1.43. The van der Waals surface area contributed by atoms with Crippen LogP contribution >= 0.6 is 0 Å². The van der Waals surface area contributed by atoms with Gasteiger partial charge in [-0.3, -0.25) is 4.79 Å². The Labute approximate surface area is 118 Å². The zero-order valence-electron chi connectivity index (χ0n) is 10.7. The van der Waals surface area contributed by atoms with Crippen molar-refractivity contribution in [3.63, 3.8) is 0 Å². The van der Waals surface area contributed by atoms with E-state index < -0.39 is 17.6 Å². The lowest BCUT2D eigenvalue weighted by molar-refractivity contribution is -0.137. The van der Waals surface area contributed by atoms with E-state index in [1.807, 2.05) is 0 Å². The van der Waals surface area contributed by atoms with Crippen molar-refractivity contribution in [3.05, 3.63) is 35.5 Å². The molecule has 8 heteroatoms. The Balaban J connectivity index is 3.21. The first-order chi connectivity index (χ1) is 9.77. The first-order valence-electron chi connectivity index (χ1n) is 5.53. The normalized spacial score (nSPS) is 10.0. The zero-order chi connectivity index (χ0) is 16.0. The monoisotopic (exact) mass is 294 g/mol. The molecule has 2 N–H and O–H groups in total. The molecule has 0 heterocycles. The maximum absolute atomic E-state index is 13.0. The maximum Gasteiger partial charge on any atom is 0.418 e. The van der Waals surface area contributed by atoms with Crippen LogP contribution in [0.1, 0.15) is 12.5 Å². The van der Waals surface area contributed by atoms with Gasteiger partial charge < -0.3 is 10.6 Å². The molecule has 0 aliphatic carbocycles. The summed E-state index contributed by atoms with van der Waals surface area (Å²) < 4.78 is 38.9. The van der Waals surface area contributed by atoms with Crippen molar-refractivity contribution in [3.8, 4) is 12.1 Å². The van der Waals surface area contributed by atoms with Crippen LogP contribution in [0.3, 0.4) is 0 Å². The molecular weight excluding hydrogens is 285 g/mol. The van der Waals surface area contributed by atoms with Gasteiger partial charge in [0.15, 0.2) is 0 Å². The third-order valence-corrected chi connectivity index (χ3v) is 2.26. The van der Waals surface area contributed by atoms with E-state index in [1.54, 1.807) is 0 Å². The molecule has 0 fully saturated rings. The average molecular weight is 294 g/mol. The number of carbonyl (C=O) groups excluding carboxylic acids is 1. The quantitative estimate of drug-likeness (QED) is 0.839. The van der Waals surface area contributed by atoms with Gasteiger partial charge >= 0.3 is 6.18 Å². The maximum atomic E-state index is 13.0. The molecule has 0 radical (unpaired) electrons. The van der Waals surface area contributed by atoms with Crippen LogP contribution in [0.2, 0.25) is 0 Å². The standard InChI is InChI=1S/C13H9F3N4O/c1-8(21)20-10-2-3-12(11(4-10)13(14,15)16)19-7-9(5-17)6-18/h2-4,7,19H,1H3,(H,20,21). The van der Waals surface area contributed by atoms with Gasteiger partial charge in [-0.2, -0.15) is 23.7 Å². The van der Waals surface area contributed by atoms with E-state index in [-0.39, 0.29) is 16.9 Å². The summed E-state index contributed by atoms with van der Waals surface area (Å²) in [5, 5.41) is 21.6. The minimum Gasteiger partial charge on any atom is -0.359 e. The largest absolute Gasteiger partial charge is 0.418 e. The van der Waals surface area contributed by atoms with Crippen LogP contribution < -0.4 is 10.6 Å². The molecule has 1 aromatic carbocycles. The van der Waals surface area contributed by atoms with Crippen LogP contribution in [0.15, 0.2) is 30.0 Å². The highest BCUT2D eigenvalue weighted by Gasteiger charge is 2.33. The minimum atomic E-state index is -4.66. The van der Waals surface area contributed by atoms with E-state index in [0.717, 1.165) is 18.3 Å². The molecule has 1 rings (SSSR count). The lowest BCUT2D eigenvalue weighted by Crippen LogP contribution is -2.11. The summed E-state index contributed by atoms with van der Waals surface area (Å²) in [7, 11) is 0. The van der Waals surface area contributed by atoms with Gasteiger partial charge in [0, 0.05) is 18.8 Å². The second-order valence-corrected chi connectivity index (χ2v) is 3.87. The molecular formula is C13H9F3N4O. The summed E-state index contributed by atoms with van der Waals surface area (Å²) in [5.41, 5.74) is -1.74. The number of benzene rings is 1. The molecule has 0 unspecified atom stereocenters. The van der Waals surface area contributed by atoms with E-state index in [0.29, 0.717) is 0 Å². The number of anilines is 2. The number of hydrogen-bond acceptors (Lipinski definition) is 4. The van der Waals surface area contributed by atoms with E-state index in [4.69, 9.17) is 10.5 Å². The average Bonchev–Trinajstić information content (AvgIpc) is 2.39. The van der Waals surface area contributed by atoms with Crippen molar-refractivity contribution in [2.24, 2.45) is 0 Å². The molecule has 0 saturated carbocycles. The van der Waals surface area contributed by atoms with Crippen LogP contribution in [0, 0.1) is 22.7 Å². The molecule has 1 amide bonds. The number of allylic oxidation sites excluding steroid dienone is 1. The summed E-state index contributed by atoms with van der Waals surface area (Å²) in [5.74, 6) is -0.500. The van der Waals surface area contributed by atoms with Crippen molar-refractivity contribution >= 4 is 17.3 Å². The predicted molar refractivity (Wildman–Crippen MR) is 68.7 cm³/mol. The van der Waals surface area contributed by atoms with E-state index in [2.05, 4.69) is 10.6 Å². The molecule has 108 valence electrons. The third-order valence-electron chi connectivity index (χ3n) is 2.26. The molecule has 0 spiro atoms. The van der Waals surface area contributed by atoms with Crippen LogP contribution in [0.5, 0.6) is 0 Å². The Morgan fingerprint density at radius 1 is 1.29 bits per heavy atom. The third kappa shape index (κ3) is 4.55. The number of carbonyl (C=O) groups is 1. The van der Waals surface area contributed by atoms with Crippen molar-refractivity contribution < 1.29 is 18.0 Å². The molecule has 21 heavy (non-hydrogen) atoms. The Morgan fingerprint density at radius 3 is 2.38 bits per heavy atom. The predicted octanol–water partition coefficient (Wildman–Crippen LogP) is 3.01. The van der Waals surface area contributed by atoms with E-state index in [9.17, 15) is 18.0 Å². The number of nitriles is 2. The Bertz CT molecular complexity index is 649. The van der Waals surface area contributed by atoms with Gasteiger partial charge in [-0.1, -0.05) is 0 Å². The molecule has 0 saturated heterocycles. The molecule has 0 atom stereocenters. The first kappa shape index (κ1) is 16.1. The van der Waals surface area contributed by atoms with Gasteiger partial charge in [-0.15, -0.1) is 0 Å². The van der Waals surface area contributed by atoms with Crippen LogP contribution in [0.4, 0.5) is 24.5 Å². The van der Waals surface area contributed by atoms with E-state index in [1.165, 1.54) is 25.1 Å². The second kappa shape index (κ2) is 6.44. The number of halogens is 3. The Hall–Kier alpha value is -3.00. The van der Waals surface area contributed by atoms with Gasteiger partial charge in [0.05, 0.1) is 11.3 Å². The summed E-state index contributed by atoms with van der Waals surface area (Å²) in [6.45, 7) is 1.17. The van der Waals surface area contributed by atoms with Crippen molar-refractivity contribution in [1.29, 1.82) is 10.5 Å². The van der Waals surface area contributed by atoms with Gasteiger partial charge in [0.25, 0.3) is 0 Å². The molecule has 5 nitrogen and oxygen atoms in total. The van der Waals surface area contributed by atoms with Crippen molar-refractivity contribution in [2.75, 3.05) is 10.6 Å². The van der Waals surface area contributed by atoms with Gasteiger partial charge in [0.1, 0.15) is 17.7 Å². The summed E-state index contributed by atoms with van der Waals surface area (Å²) in [6.07, 6.45) is -3.78. The summed E-state index contributed by atoms with van der Waals surface area (Å²) >= 11 is 0. The van der Waals surface area contributed by atoms with Gasteiger partial charge in [-0.05, 0) is 18.2 Å². The van der Waals surface area contributed by atoms with Crippen LogP contribution in [-0.4, -0.2) is 5.91 Å². The number of alkyl halides is 3. The molecule has 1 aromatic rings. The number of nitrogens with zero attached hydrogens (tertiary/aromatic N) is 2. The number of rotatable bonds is 3. The fraction of sp³-hybridized carbons (Fsp3) is 0.154. The molecule has 0 aromatic heterocycles. The Kier molecular flexibility index (Phi) is 4.92. The van der Waals surface area contributed by atoms with Crippen molar-refractivity contribution in [1.82, 2.24) is 0 Å². The highest BCUT2D eigenvalue weighted by atomic mass is 19.4. The first-order valence-corrected chi connectivity index (χ1v) is 5.53. The minimum absolute atomic E-state index is 0.00913. The molecule has 0 aliphatic heterocycles. The van der Waals surface area contributed by atoms with Gasteiger partial charge in [-0.25, -0.2) is 0 Å². The topological polar surface area (TPSA) is 88.7 Å². The smallest absolute Gasteiger partial charge is 0.359 e. The van der Waals surface area contributed by atoms with Gasteiger partial charge in [0.2, 0.25) is 5.91 Å². The zero-order valence-corrected chi connectivity index (χ0v) is 10.7. The number of hydrogen-bond donors (Lipinski definition) is 2. The Morgan fingerprint density at radius 2 is 1.90 bits per heavy atom. The second-order valence-electron chi connectivity index (χ2n) is 3.87. The fourth-order valence-electron chi connectivity index (χ4n) is 1.43. The SMILES string of the molecule is CC(=O)Nc1ccc(NC=C(C#N)C#N)c(C(F)(F)F)c1. The molecule has 0 bridgehead atoms. The van der Waals surface area contributed by atoms with E-state index >= 15 is 0 Å². The highest BCUT2D eigenvalue weighted by molar-refractivity contribution is 5.89.